The van der Waals surface area contributed by atoms with E-state index in [1.165, 1.54) is 27.5 Å². The molecule has 0 atom stereocenters. The van der Waals surface area contributed by atoms with Gasteiger partial charge in [-0.15, -0.1) is 0 Å². The minimum atomic E-state index is 0.00292. The van der Waals surface area contributed by atoms with Crippen LogP contribution in [-0.4, -0.2) is 19.3 Å². The Hall–Kier alpha value is -5.16. The number of hydrogen-bond donors (Lipinski definition) is 0. The maximum Gasteiger partial charge on any atom is 0.137 e. The second-order valence-electron chi connectivity index (χ2n) is 15.2. The van der Waals surface area contributed by atoms with E-state index in [0.29, 0.717) is 0 Å². The number of fused-ring (bicyclic) bond motifs is 3. The number of aromatic nitrogens is 4. The second-order valence-corrected chi connectivity index (χ2v) is 15.2. The zero-order valence-electron chi connectivity index (χ0n) is 29.3. The molecule has 0 fully saturated rings. The zero-order chi connectivity index (χ0) is 33.8. The molecule has 0 radical (unpaired) electrons. The summed E-state index contributed by atoms with van der Waals surface area (Å²) >= 11 is 0. The summed E-state index contributed by atoms with van der Waals surface area (Å²) < 4.78 is 10.9. The molecule has 48 heavy (non-hydrogen) atoms. The highest BCUT2D eigenvalue weighted by Gasteiger charge is 2.20. The van der Waals surface area contributed by atoms with Crippen LogP contribution in [0.1, 0.15) is 64.1 Å². The van der Waals surface area contributed by atoms with Crippen LogP contribution in [0.3, 0.4) is 0 Å². The molecule has 3 aromatic heterocycles. The summed E-state index contributed by atoms with van der Waals surface area (Å²) in [6, 6.07) is 36.2. The molecule has 0 bridgehead atoms. The molecule has 0 amide bonds. The van der Waals surface area contributed by atoms with Gasteiger partial charge in [-0.3, -0.25) is 4.57 Å². The van der Waals surface area contributed by atoms with Gasteiger partial charge >= 0.3 is 0 Å². The van der Waals surface area contributed by atoms with Crippen molar-refractivity contribution in [1.82, 2.24) is 19.3 Å². The molecule has 3 heterocycles. The summed E-state index contributed by atoms with van der Waals surface area (Å²) in [5, 5.41) is 7.32. The number of hydrogen-bond acceptors (Lipinski definition) is 3. The maximum atomic E-state index is 6.59. The van der Waals surface area contributed by atoms with Crippen molar-refractivity contribution in [2.75, 3.05) is 0 Å². The number of nitrogens with zero attached hydrogens (tertiary/aromatic N) is 4. The van der Waals surface area contributed by atoms with Crippen molar-refractivity contribution < 1.29 is 4.74 Å². The number of benzene rings is 4. The first-order valence-corrected chi connectivity index (χ1v) is 16.8. The van der Waals surface area contributed by atoms with E-state index < -0.39 is 0 Å². The van der Waals surface area contributed by atoms with E-state index in [2.05, 4.69) is 145 Å². The predicted octanol–water partition coefficient (Wildman–Crippen LogP) is 11.3. The lowest BCUT2D eigenvalue weighted by Gasteiger charge is -2.20. The Labute approximate surface area is 283 Å². The summed E-state index contributed by atoms with van der Waals surface area (Å²) in [4.78, 5) is 4.89. The van der Waals surface area contributed by atoms with Crippen LogP contribution in [0.15, 0.2) is 109 Å². The minimum absolute atomic E-state index is 0.00292. The standard InChI is InChI=1S/C43H44N4O/c1-28-41(31-13-10-9-11-14-31)29(2)47(45-28)33-15-12-16-34(25-33)48-35-18-19-36-37-23-30(27-42(3,4)5)17-20-38(37)46(39(36)26-35)40-24-32(21-22-44-40)43(6,7)8/h9-26H,27H2,1-8H3. The van der Waals surface area contributed by atoms with Gasteiger partial charge in [0.1, 0.15) is 17.3 Å². The molecule has 5 heteroatoms. The molecular weight excluding hydrogens is 589 g/mol. The fraction of sp³-hybridized carbons (Fsp3) is 0.256. The van der Waals surface area contributed by atoms with Gasteiger partial charge in [-0.2, -0.15) is 5.10 Å². The first-order chi connectivity index (χ1) is 22.9. The quantitative estimate of drug-likeness (QED) is 0.183. The van der Waals surface area contributed by atoms with Crippen molar-refractivity contribution in [3.63, 3.8) is 0 Å². The highest BCUT2D eigenvalue weighted by Crippen LogP contribution is 2.38. The smallest absolute Gasteiger partial charge is 0.137 e. The molecule has 242 valence electrons. The molecular formula is C43H44N4O. The number of ether oxygens (including phenoxy) is 1. The van der Waals surface area contributed by atoms with E-state index in [-0.39, 0.29) is 10.8 Å². The van der Waals surface area contributed by atoms with Crippen molar-refractivity contribution in [3.8, 4) is 34.1 Å². The SMILES string of the molecule is Cc1nn(-c2cccc(Oc3ccc4c5cc(CC(C)(C)C)ccc5n(-c5cc(C(C)(C)C)ccn5)c4c3)c2)c(C)c1-c1ccccc1. The average molecular weight is 633 g/mol. The lowest BCUT2D eigenvalue weighted by Crippen LogP contribution is -2.12. The Morgan fingerprint density at radius 1 is 0.688 bits per heavy atom. The Morgan fingerprint density at radius 3 is 2.21 bits per heavy atom. The molecule has 0 saturated heterocycles. The van der Waals surface area contributed by atoms with Crippen LogP contribution < -0.4 is 4.74 Å². The third kappa shape index (κ3) is 6.01. The van der Waals surface area contributed by atoms with Crippen LogP contribution in [0.2, 0.25) is 0 Å². The van der Waals surface area contributed by atoms with Crippen molar-refractivity contribution in [2.45, 2.75) is 67.2 Å². The topological polar surface area (TPSA) is 44.9 Å². The van der Waals surface area contributed by atoms with Gasteiger partial charge in [0.15, 0.2) is 0 Å². The van der Waals surface area contributed by atoms with Crippen molar-refractivity contribution in [1.29, 1.82) is 0 Å². The highest BCUT2D eigenvalue weighted by atomic mass is 16.5. The molecule has 7 aromatic rings. The van der Waals surface area contributed by atoms with Crippen LogP contribution in [0.25, 0.3) is 44.4 Å². The molecule has 4 aromatic carbocycles. The largest absolute Gasteiger partial charge is 0.457 e. The van der Waals surface area contributed by atoms with E-state index in [1.54, 1.807) is 0 Å². The number of rotatable bonds is 6. The van der Waals surface area contributed by atoms with Gasteiger partial charge in [-0.25, -0.2) is 9.67 Å². The van der Waals surface area contributed by atoms with Crippen LogP contribution in [0, 0.1) is 19.3 Å². The third-order valence-electron chi connectivity index (χ3n) is 9.03. The molecule has 0 N–H and O–H groups in total. The van der Waals surface area contributed by atoms with Gasteiger partial charge in [0.25, 0.3) is 0 Å². The molecule has 0 unspecified atom stereocenters. The summed E-state index contributed by atoms with van der Waals surface area (Å²) in [6.45, 7) is 17.8. The van der Waals surface area contributed by atoms with Gasteiger partial charge < -0.3 is 4.74 Å². The van der Waals surface area contributed by atoms with E-state index in [1.807, 2.05) is 29.1 Å². The molecule has 0 spiro atoms. The summed E-state index contributed by atoms with van der Waals surface area (Å²) in [5.74, 6) is 2.43. The van der Waals surface area contributed by atoms with E-state index in [4.69, 9.17) is 14.8 Å². The lowest BCUT2D eigenvalue weighted by atomic mass is 9.87. The number of aryl methyl sites for hydroxylation is 1. The zero-order valence-corrected chi connectivity index (χ0v) is 29.3. The Bertz CT molecular complexity index is 2280. The molecule has 5 nitrogen and oxygen atoms in total. The Balaban J connectivity index is 1.31. The van der Waals surface area contributed by atoms with E-state index >= 15 is 0 Å². The first-order valence-electron chi connectivity index (χ1n) is 16.8. The van der Waals surface area contributed by atoms with Gasteiger partial charge in [0, 0.05) is 40.4 Å². The fourth-order valence-electron chi connectivity index (χ4n) is 6.82. The average Bonchev–Trinajstić information content (AvgIpc) is 3.52. The van der Waals surface area contributed by atoms with Gasteiger partial charge in [0.05, 0.1) is 22.4 Å². The van der Waals surface area contributed by atoms with Crippen LogP contribution in [-0.2, 0) is 11.8 Å². The van der Waals surface area contributed by atoms with E-state index in [9.17, 15) is 0 Å². The Morgan fingerprint density at radius 2 is 1.46 bits per heavy atom. The van der Waals surface area contributed by atoms with Gasteiger partial charge in [-0.1, -0.05) is 84.0 Å². The van der Waals surface area contributed by atoms with Gasteiger partial charge in [0.2, 0.25) is 0 Å². The summed E-state index contributed by atoms with van der Waals surface area (Å²) in [7, 11) is 0. The van der Waals surface area contributed by atoms with Crippen LogP contribution in [0.5, 0.6) is 11.5 Å². The van der Waals surface area contributed by atoms with Crippen molar-refractivity contribution >= 4 is 21.8 Å². The molecule has 0 aliphatic rings. The molecule has 0 aliphatic heterocycles. The third-order valence-corrected chi connectivity index (χ3v) is 9.03. The maximum absolute atomic E-state index is 6.59. The highest BCUT2D eigenvalue weighted by molar-refractivity contribution is 6.09. The van der Waals surface area contributed by atoms with Gasteiger partial charge in [-0.05, 0) is 96.3 Å². The Kier molecular flexibility index (Phi) is 7.74. The fourth-order valence-corrected chi connectivity index (χ4v) is 6.82. The van der Waals surface area contributed by atoms with Crippen LogP contribution in [0.4, 0.5) is 0 Å². The monoisotopic (exact) mass is 632 g/mol. The molecule has 7 rings (SSSR count). The normalized spacial score (nSPS) is 12.2. The summed E-state index contributed by atoms with van der Waals surface area (Å²) in [6.07, 6.45) is 2.93. The van der Waals surface area contributed by atoms with Crippen molar-refractivity contribution in [2.24, 2.45) is 5.41 Å². The molecule has 0 aliphatic carbocycles. The van der Waals surface area contributed by atoms with Crippen molar-refractivity contribution in [3.05, 3.63) is 132 Å². The lowest BCUT2D eigenvalue weighted by molar-refractivity contribution is 0.411. The minimum Gasteiger partial charge on any atom is -0.457 e. The predicted molar refractivity (Wildman–Crippen MR) is 199 cm³/mol. The molecule has 0 saturated carbocycles. The second kappa shape index (κ2) is 11.8. The van der Waals surface area contributed by atoms with Crippen LogP contribution >= 0.6 is 0 Å². The first kappa shape index (κ1) is 31.4. The summed E-state index contributed by atoms with van der Waals surface area (Å²) in [5.41, 5.74) is 10.4. The van der Waals surface area contributed by atoms with E-state index in [0.717, 1.165) is 57.4 Å². The number of pyridine rings is 1.